The monoisotopic (exact) mass is 372 g/mol. The first-order chi connectivity index (χ1) is 11.1. The number of ether oxygens (including phenoxy) is 1. The van der Waals surface area contributed by atoms with Crippen LogP contribution in [0.5, 0.6) is 5.75 Å². The molecule has 0 radical (unpaired) electrons. The van der Waals surface area contributed by atoms with Gasteiger partial charge in [0.25, 0.3) is 0 Å². The Labute approximate surface area is 143 Å². The van der Waals surface area contributed by atoms with Crippen molar-refractivity contribution in [3.8, 4) is 5.75 Å². The average molecular weight is 373 g/mol. The van der Waals surface area contributed by atoms with Crippen LogP contribution in [0, 0.1) is 0 Å². The first-order valence-electron chi connectivity index (χ1n) is 7.35. The van der Waals surface area contributed by atoms with Gasteiger partial charge < -0.3 is 4.74 Å². The van der Waals surface area contributed by atoms with E-state index >= 15 is 0 Å². The molecule has 0 spiro atoms. The molecule has 3 rings (SSSR count). The quantitative estimate of drug-likeness (QED) is 0.811. The Kier molecular flexibility index (Phi) is 4.48. The molecule has 1 aliphatic rings. The molecule has 0 aliphatic carbocycles. The molecule has 0 saturated heterocycles. The van der Waals surface area contributed by atoms with Crippen LogP contribution in [0.1, 0.15) is 30.5 Å². The molecular formula is C18H17BrN2O2. The van der Waals surface area contributed by atoms with Gasteiger partial charge in [0.05, 0.1) is 18.9 Å². The second-order valence-electron chi connectivity index (χ2n) is 5.41. The average Bonchev–Trinajstić information content (AvgIpc) is 3.01. The Morgan fingerprint density at radius 3 is 2.39 bits per heavy atom. The van der Waals surface area contributed by atoms with Crippen LogP contribution < -0.4 is 4.74 Å². The maximum Gasteiger partial charge on any atom is 0.240 e. The Balaban J connectivity index is 1.90. The van der Waals surface area contributed by atoms with Crippen molar-refractivity contribution in [2.24, 2.45) is 5.10 Å². The van der Waals surface area contributed by atoms with E-state index in [1.165, 1.54) is 0 Å². The molecule has 0 aromatic heterocycles. The Morgan fingerprint density at radius 1 is 1.17 bits per heavy atom. The van der Waals surface area contributed by atoms with Gasteiger partial charge in [-0.25, -0.2) is 5.01 Å². The van der Waals surface area contributed by atoms with Crippen molar-refractivity contribution in [2.45, 2.75) is 19.4 Å². The van der Waals surface area contributed by atoms with E-state index in [0.29, 0.717) is 6.42 Å². The van der Waals surface area contributed by atoms with Crippen LogP contribution in [0.4, 0.5) is 0 Å². The summed E-state index contributed by atoms with van der Waals surface area (Å²) < 4.78 is 6.22. The predicted octanol–water partition coefficient (Wildman–Crippen LogP) is 4.16. The van der Waals surface area contributed by atoms with Crippen LogP contribution in [-0.2, 0) is 4.79 Å². The lowest BCUT2D eigenvalue weighted by Crippen LogP contribution is -2.24. The van der Waals surface area contributed by atoms with Gasteiger partial charge in [0.15, 0.2) is 0 Å². The van der Waals surface area contributed by atoms with Crippen molar-refractivity contribution in [3.05, 3.63) is 64.1 Å². The van der Waals surface area contributed by atoms with Crippen LogP contribution in [0.15, 0.2) is 58.1 Å². The number of methoxy groups -OCH3 is 1. The summed E-state index contributed by atoms with van der Waals surface area (Å²) in [5, 5.41) is 6.11. The van der Waals surface area contributed by atoms with E-state index in [2.05, 4.69) is 21.0 Å². The van der Waals surface area contributed by atoms with Crippen molar-refractivity contribution in [1.82, 2.24) is 5.01 Å². The van der Waals surface area contributed by atoms with Gasteiger partial charge >= 0.3 is 0 Å². The normalized spacial score (nSPS) is 17.1. The maximum absolute atomic E-state index is 12.0. The van der Waals surface area contributed by atoms with E-state index in [4.69, 9.17) is 4.74 Å². The summed E-state index contributed by atoms with van der Waals surface area (Å²) in [6, 6.07) is 15.7. The highest BCUT2D eigenvalue weighted by Crippen LogP contribution is 2.33. The second kappa shape index (κ2) is 6.54. The summed E-state index contributed by atoms with van der Waals surface area (Å²) in [6.07, 6.45) is 0.702. The molecule has 2 aromatic carbocycles. The highest BCUT2D eigenvalue weighted by molar-refractivity contribution is 9.10. The number of carbonyl (C=O) groups excluding carboxylic acids is 1. The number of halogens is 1. The van der Waals surface area contributed by atoms with Gasteiger partial charge in [-0.3, -0.25) is 4.79 Å². The fraction of sp³-hybridized carbons (Fsp3) is 0.222. The number of amides is 1. The summed E-state index contributed by atoms with van der Waals surface area (Å²) in [7, 11) is 1.64. The molecule has 0 fully saturated rings. The molecule has 0 bridgehead atoms. The first-order valence-corrected chi connectivity index (χ1v) is 8.15. The number of benzene rings is 2. The van der Waals surface area contributed by atoms with Crippen molar-refractivity contribution in [3.63, 3.8) is 0 Å². The highest BCUT2D eigenvalue weighted by Gasteiger charge is 2.31. The summed E-state index contributed by atoms with van der Waals surface area (Å²) in [5.74, 6) is 0.744. The molecule has 1 atom stereocenters. The number of hydrogen-bond acceptors (Lipinski definition) is 3. The summed E-state index contributed by atoms with van der Waals surface area (Å²) in [6.45, 7) is 1.55. The molecule has 1 heterocycles. The largest absolute Gasteiger partial charge is 0.497 e. The Morgan fingerprint density at radius 2 is 1.83 bits per heavy atom. The van der Waals surface area contributed by atoms with Gasteiger partial charge in [-0.05, 0) is 35.4 Å². The lowest BCUT2D eigenvalue weighted by molar-refractivity contribution is -0.130. The van der Waals surface area contributed by atoms with E-state index in [-0.39, 0.29) is 11.9 Å². The molecule has 1 aliphatic heterocycles. The van der Waals surface area contributed by atoms with Crippen molar-refractivity contribution in [1.29, 1.82) is 0 Å². The summed E-state index contributed by atoms with van der Waals surface area (Å²) in [5.41, 5.74) is 3.01. The van der Waals surface area contributed by atoms with Gasteiger partial charge in [0.2, 0.25) is 5.91 Å². The Bertz CT molecular complexity index is 739. The topological polar surface area (TPSA) is 41.9 Å². The predicted molar refractivity (Wildman–Crippen MR) is 93.6 cm³/mol. The number of nitrogens with zero attached hydrogens (tertiary/aromatic N) is 2. The molecule has 23 heavy (non-hydrogen) atoms. The van der Waals surface area contributed by atoms with Crippen LogP contribution in [0.3, 0.4) is 0 Å². The van der Waals surface area contributed by atoms with Crippen LogP contribution in [0.25, 0.3) is 0 Å². The smallest absolute Gasteiger partial charge is 0.240 e. The zero-order chi connectivity index (χ0) is 16.4. The summed E-state index contributed by atoms with van der Waals surface area (Å²) >= 11 is 3.43. The molecule has 2 aromatic rings. The lowest BCUT2D eigenvalue weighted by atomic mass is 9.98. The van der Waals surface area contributed by atoms with E-state index in [1.54, 1.807) is 19.0 Å². The summed E-state index contributed by atoms with van der Waals surface area (Å²) in [4.78, 5) is 12.0. The fourth-order valence-electron chi connectivity index (χ4n) is 2.70. The lowest BCUT2D eigenvalue weighted by Gasteiger charge is -2.20. The third-order valence-corrected chi connectivity index (χ3v) is 4.44. The molecule has 0 saturated carbocycles. The molecular weight excluding hydrogens is 356 g/mol. The van der Waals surface area contributed by atoms with Crippen LogP contribution in [-0.4, -0.2) is 23.7 Å². The maximum atomic E-state index is 12.0. The molecule has 0 N–H and O–H groups in total. The standard InChI is InChI=1S/C18H17BrN2O2/c1-12(22)21-18(14-5-9-16(23-2)10-6-14)11-17(20-21)13-3-7-15(19)8-4-13/h3-10,18H,11H2,1-2H3. The third-order valence-electron chi connectivity index (χ3n) is 3.91. The minimum Gasteiger partial charge on any atom is -0.497 e. The minimum absolute atomic E-state index is 0.0575. The number of hydrogen-bond donors (Lipinski definition) is 0. The third kappa shape index (κ3) is 3.29. The highest BCUT2D eigenvalue weighted by atomic mass is 79.9. The van der Waals surface area contributed by atoms with Gasteiger partial charge in [-0.1, -0.05) is 40.2 Å². The molecule has 1 amide bonds. The molecule has 1 unspecified atom stereocenters. The molecule has 118 valence electrons. The second-order valence-corrected chi connectivity index (χ2v) is 6.33. The number of rotatable bonds is 3. The minimum atomic E-state index is -0.0722. The zero-order valence-electron chi connectivity index (χ0n) is 13.0. The molecule has 5 heteroatoms. The number of hydrazone groups is 1. The van der Waals surface area contributed by atoms with E-state index in [9.17, 15) is 4.79 Å². The fourth-order valence-corrected chi connectivity index (χ4v) is 2.97. The van der Waals surface area contributed by atoms with Crippen molar-refractivity contribution < 1.29 is 9.53 Å². The van der Waals surface area contributed by atoms with Gasteiger partial charge in [-0.15, -0.1) is 0 Å². The van der Waals surface area contributed by atoms with E-state index in [1.807, 2.05) is 48.5 Å². The van der Waals surface area contributed by atoms with Gasteiger partial charge in [0.1, 0.15) is 5.75 Å². The van der Waals surface area contributed by atoms with Gasteiger partial charge in [-0.2, -0.15) is 5.10 Å². The van der Waals surface area contributed by atoms with Crippen LogP contribution in [0.2, 0.25) is 0 Å². The number of carbonyl (C=O) groups is 1. The molecule has 4 nitrogen and oxygen atoms in total. The first kappa shape index (κ1) is 15.7. The van der Waals surface area contributed by atoms with Crippen molar-refractivity contribution >= 4 is 27.5 Å². The van der Waals surface area contributed by atoms with Crippen LogP contribution >= 0.6 is 15.9 Å². The Hall–Kier alpha value is -2.14. The van der Waals surface area contributed by atoms with Gasteiger partial charge in [0, 0.05) is 17.8 Å². The SMILES string of the molecule is COc1ccc(C2CC(c3ccc(Br)cc3)=NN2C(C)=O)cc1. The van der Waals surface area contributed by atoms with E-state index in [0.717, 1.165) is 27.1 Å². The van der Waals surface area contributed by atoms with E-state index < -0.39 is 0 Å². The zero-order valence-corrected chi connectivity index (χ0v) is 14.6. The van der Waals surface area contributed by atoms with Crippen molar-refractivity contribution in [2.75, 3.05) is 7.11 Å².